The summed E-state index contributed by atoms with van der Waals surface area (Å²) < 4.78 is 12.9. The molecule has 0 radical (unpaired) electrons. The summed E-state index contributed by atoms with van der Waals surface area (Å²) >= 11 is 0.924. The molecule has 0 unspecified atom stereocenters. The van der Waals surface area contributed by atoms with Crippen LogP contribution in [-0.4, -0.2) is 53.1 Å². The Hall–Kier alpha value is -2.39. The van der Waals surface area contributed by atoms with Crippen molar-refractivity contribution in [1.82, 2.24) is 20.4 Å². The van der Waals surface area contributed by atoms with Gasteiger partial charge >= 0.3 is 0 Å². The van der Waals surface area contributed by atoms with E-state index in [0.29, 0.717) is 12.2 Å². The largest absolute Gasteiger partial charge is 0.350 e. The van der Waals surface area contributed by atoms with E-state index in [1.165, 1.54) is 37.1 Å². The third-order valence-corrected chi connectivity index (χ3v) is 4.97. The number of hydrogen-bond acceptors (Lipinski definition) is 6. The summed E-state index contributed by atoms with van der Waals surface area (Å²) in [5.41, 5.74) is 0.444. The zero-order valence-corrected chi connectivity index (χ0v) is 15.0. The van der Waals surface area contributed by atoms with Gasteiger partial charge in [-0.3, -0.25) is 9.59 Å². The van der Waals surface area contributed by atoms with Crippen LogP contribution < -0.4 is 10.6 Å². The van der Waals surface area contributed by atoms with Crippen LogP contribution in [0.15, 0.2) is 24.3 Å². The minimum atomic E-state index is -0.484. The molecule has 2 amide bonds. The summed E-state index contributed by atoms with van der Waals surface area (Å²) in [6.07, 6.45) is 3.38. The van der Waals surface area contributed by atoms with Gasteiger partial charge in [-0.05, 0) is 63.2 Å². The molecule has 0 spiro atoms. The zero-order chi connectivity index (χ0) is 18.4. The Morgan fingerprint density at radius 2 is 1.73 bits per heavy atom. The second-order valence-corrected chi connectivity index (χ2v) is 7.01. The lowest BCUT2D eigenvalue weighted by Crippen LogP contribution is -2.28. The number of nitrogens with zero attached hydrogens (tertiary/aromatic N) is 3. The van der Waals surface area contributed by atoms with Crippen molar-refractivity contribution in [3.63, 3.8) is 0 Å². The highest BCUT2D eigenvalue weighted by atomic mass is 32.1. The number of rotatable bonds is 7. The normalized spacial score (nSPS) is 14.3. The fraction of sp³-hybridized carbons (Fsp3) is 0.412. The quantitative estimate of drug-likeness (QED) is 0.722. The lowest BCUT2D eigenvalue weighted by Gasteiger charge is -2.13. The van der Waals surface area contributed by atoms with E-state index < -0.39 is 5.91 Å². The highest BCUT2D eigenvalue weighted by molar-refractivity contribution is 7.15. The first-order chi connectivity index (χ1) is 12.6. The van der Waals surface area contributed by atoms with Gasteiger partial charge in [-0.15, -0.1) is 10.2 Å². The van der Waals surface area contributed by atoms with Crippen LogP contribution in [0.3, 0.4) is 0 Å². The van der Waals surface area contributed by atoms with E-state index in [-0.39, 0.29) is 21.7 Å². The summed E-state index contributed by atoms with van der Waals surface area (Å²) in [6.45, 7) is 3.81. The Morgan fingerprint density at radius 3 is 2.42 bits per heavy atom. The van der Waals surface area contributed by atoms with Crippen molar-refractivity contribution in [2.75, 3.05) is 31.5 Å². The predicted octanol–water partition coefficient (Wildman–Crippen LogP) is 2.15. The maximum atomic E-state index is 12.9. The van der Waals surface area contributed by atoms with Crippen LogP contribution in [0.4, 0.5) is 10.1 Å². The van der Waals surface area contributed by atoms with E-state index in [0.717, 1.165) is 37.4 Å². The van der Waals surface area contributed by atoms with Gasteiger partial charge in [0.2, 0.25) is 10.0 Å². The molecule has 2 N–H and O–H groups in total. The average Bonchev–Trinajstić information content (AvgIpc) is 3.32. The van der Waals surface area contributed by atoms with E-state index in [1.54, 1.807) is 0 Å². The van der Waals surface area contributed by atoms with E-state index in [2.05, 4.69) is 25.7 Å². The minimum absolute atomic E-state index is 0.0801. The van der Waals surface area contributed by atoms with Crippen LogP contribution in [0.1, 0.15) is 38.9 Å². The number of nitrogens with one attached hydrogen (secondary N) is 2. The highest BCUT2D eigenvalue weighted by Crippen LogP contribution is 2.14. The summed E-state index contributed by atoms with van der Waals surface area (Å²) in [6, 6.07) is 5.39. The van der Waals surface area contributed by atoms with Crippen LogP contribution in [-0.2, 0) is 0 Å². The van der Waals surface area contributed by atoms with Gasteiger partial charge in [0, 0.05) is 12.2 Å². The molecule has 1 aromatic carbocycles. The Kier molecular flexibility index (Phi) is 6.24. The lowest BCUT2D eigenvalue weighted by atomic mass is 10.3. The number of amides is 2. The van der Waals surface area contributed by atoms with E-state index in [9.17, 15) is 14.0 Å². The second kappa shape index (κ2) is 8.81. The Balaban J connectivity index is 1.45. The van der Waals surface area contributed by atoms with Gasteiger partial charge in [0.25, 0.3) is 11.8 Å². The first kappa shape index (κ1) is 18.4. The van der Waals surface area contributed by atoms with Crippen molar-refractivity contribution in [2.24, 2.45) is 0 Å². The summed E-state index contributed by atoms with van der Waals surface area (Å²) in [5.74, 6) is -1.20. The van der Waals surface area contributed by atoms with E-state index >= 15 is 0 Å². The van der Waals surface area contributed by atoms with E-state index in [4.69, 9.17) is 0 Å². The monoisotopic (exact) mass is 377 g/mol. The van der Waals surface area contributed by atoms with E-state index in [1.807, 2.05) is 0 Å². The number of carbonyl (C=O) groups is 2. The molecule has 7 nitrogen and oxygen atoms in total. The minimum Gasteiger partial charge on any atom is -0.350 e. The number of benzene rings is 1. The average molecular weight is 377 g/mol. The van der Waals surface area contributed by atoms with Gasteiger partial charge in [0.1, 0.15) is 5.82 Å². The van der Waals surface area contributed by atoms with Crippen molar-refractivity contribution in [3.05, 3.63) is 40.1 Å². The fourth-order valence-corrected chi connectivity index (χ4v) is 3.37. The zero-order valence-electron chi connectivity index (χ0n) is 14.2. The summed E-state index contributed by atoms with van der Waals surface area (Å²) in [5, 5.41) is 13.1. The van der Waals surface area contributed by atoms with Crippen molar-refractivity contribution < 1.29 is 14.0 Å². The van der Waals surface area contributed by atoms with Gasteiger partial charge in [-0.25, -0.2) is 4.39 Å². The van der Waals surface area contributed by atoms with Crippen molar-refractivity contribution >= 4 is 28.8 Å². The molecule has 1 aromatic heterocycles. The lowest BCUT2D eigenvalue weighted by molar-refractivity contribution is 0.0949. The Labute approximate surface area is 154 Å². The van der Waals surface area contributed by atoms with Gasteiger partial charge < -0.3 is 15.5 Å². The van der Waals surface area contributed by atoms with Gasteiger partial charge in [0.05, 0.1) is 0 Å². The fourth-order valence-electron chi connectivity index (χ4n) is 2.71. The first-order valence-corrected chi connectivity index (χ1v) is 9.34. The van der Waals surface area contributed by atoms with Crippen LogP contribution in [0, 0.1) is 5.82 Å². The van der Waals surface area contributed by atoms with Crippen LogP contribution >= 0.6 is 11.3 Å². The first-order valence-electron chi connectivity index (χ1n) is 8.53. The molecule has 0 aliphatic carbocycles. The van der Waals surface area contributed by atoms with Gasteiger partial charge in [-0.1, -0.05) is 11.3 Å². The molecule has 1 aliphatic heterocycles. The third kappa shape index (κ3) is 5.06. The standard InChI is InChI=1S/C17H20FN5O2S/c18-12-4-6-13(7-5-12)20-15(25)17-22-21-16(26-17)14(24)19-8-3-11-23-9-1-2-10-23/h4-7H,1-3,8-11H2,(H,19,24)(H,20,25). The molecule has 1 saturated heterocycles. The molecule has 3 rings (SSSR count). The van der Waals surface area contributed by atoms with Crippen molar-refractivity contribution in [3.8, 4) is 0 Å². The molecule has 2 heterocycles. The number of halogens is 1. The number of likely N-dealkylation sites (tertiary alicyclic amines) is 1. The maximum Gasteiger partial charge on any atom is 0.286 e. The maximum absolute atomic E-state index is 12.9. The molecule has 138 valence electrons. The predicted molar refractivity (Wildman–Crippen MR) is 96.9 cm³/mol. The van der Waals surface area contributed by atoms with Crippen molar-refractivity contribution in [1.29, 1.82) is 0 Å². The second-order valence-electron chi connectivity index (χ2n) is 6.03. The molecule has 1 fully saturated rings. The Morgan fingerprint density at radius 1 is 1.08 bits per heavy atom. The summed E-state index contributed by atoms with van der Waals surface area (Å²) in [4.78, 5) is 26.6. The molecule has 1 aliphatic rings. The van der Waals surface area contributed by atoms with Crippen molar-refractivity contribution in [2.45, 2.75) is 19.3 Å². The van der Waals surface area contributed by atoms with Crippen LogP contribution in [0.25, 0.3) is 0 Å². The molecule has 0 atom stereocenters. The molecule has 0 bridgehead atoms. The molecule has 26 heavy (non-hydrogen) atoms. The number of hydrogen-bond donors (Lipinski definition) is 2. The SMILES string of the molecule is O=C(NCCCN1CCCC1)c1nnc(C(=O)Nc2ccc(F)cc2)s1. The third-order valence-electron chi connectivity index (χ3n) is 4.05. The van der Waals surface area contributed by atoms with Crippen LogP contribution in [0.2, 0.25) is 0 Å². The Bertz CT molecular complexity index is 759. The number of carbonyl (C=O) groups excluding carboxylic acids is 2. The molecule has 0 saturated carbocycles. The number of aromatic nitrogens is 2. The number of anilines is 1. The van der Waals surface area contributed by atoms with Gasteiger partial charge in [0.15, 0.2) is 0 Å². The van der Waals surface area contributed by atoms with Crippen LogP contribution in [0.5, 0.6) is 0 Å². The molecule has 9 heteroatoms. The summed E-state index contributed by atoms with van der Waals surface area (Å²) in [7, 11) is 0. The smallest absolute Gasteiger partial charge is 0.286 e. The topological polar surface area (TPSA) is 87.2 Å². The highest BCUT2D eigenvalue weighted by Gasteiger charge is 2.17. The molecule has 2 aromatic rings. The van der Waals surface area contributed by atoms with Gasteiger partial charge in [-0.2, -0.15) is 0 Å². The molecular formula is C17H20FN5O2S. The molecular weight excluding hydrogens is 357 g/mol.